The van der Waals surface area contributed by atoms with E-state index in [2.05, 4.69) is 9.97 Å². The second kappa shape index (κ2) is 4.81. The lowest BCUT2D eigenvalue weighted by Crippen LogP contribution is -2.11. The lowest BCUT2D eigenvalue weighted by atomic mass is 10.1. The number of rotatable bonds is 2. The van der Waals surface area contributed by atoms with E-state index in [0.717, 1.165) is 5.56 Å². The number of carboxylic acid groups (broad SMARTS) is 1. The predicted molar refractivity (Wildman–Crippen MR) is 85.7 cm³/mol. The van der Waals surface area contributed by atoms with Crippen LogP contribution in [-0.2, 0) is 0 Å². The van der Waals surface area contributed by atoms with Crippen molar-refractivity contribution in [3.8, 4) is 11.4 Å². The number of carboxylic acids is 1. The molecule has 0 amide bonds. The van der Waals surface area contributed by atoms with Gasteiger partial charge < -0.3 is 10.1 Å². The fraction of sp³-hybridized carbons (Fsp3) is 0. The number of carbonyl (C=O) groups is 1. The molecule has 0 atom stereocenters. The molecule has 2 aromatic carbocycles. The van der Waals surface area contributed by atoms with Gasteiger partial charge in [-0.3, -0.25) is 9.20 Å². The van der Waals surface area contributed by atoms with Crippen molar-refractivity contribution in [1.82, 2.24) is 14.4 Å². The van der Waals surface area contributed by atoms with Crippen molar-refractivity contribution in [3.05, 3.63) is 70.6 Å². The molecule has 0 radical (unpaired) electrons. The van der Waals surface area contributed by atoms with Crippen molar-refractivity contribution < 1.29 is 9.90 Å². The van der Waals surface area contributed by atoms with E-state index in [1.54, 1.807) is 10.5 Å². The van der Waals surface area contributed by atoms with Gasteiger partial charge in [-0.1, -0.05) is 30.3 Å². The van der Waals surface area contributed by atoms with E-state index in [-0.39, 0.29) is 11.1 Å². The minimum Gasteiger partial charge on any atom is -0.478 e. The van der Waals surface area contributed by atoms with Crippen molar-refractivity contribution >= 4 is 22.5 Å². The van der Waals surface area contributed by atoms with Gasteiger partial charge in [0.25, 0.3) is 5.56 Å². The van der Waals surface area contributed by atoms with Crippen LogP contribution in [0.15, 0.2) is 59.5 Å². The minimum absolute atomic E-state index is 0.151. The lowest BCUT2D eigenvalue weighted by molar-refractivity contribution is 0.0697. The molecule has 2 aromatic heterocycles. The molecular formula is C17H11N3O3. The monoisotopic (exact) mass is 305 g/mol. The Kier molecular flexibility index (Phi) is 2.77. The molecule has 0 aliphatic carbocycles. The number of H-pyrrole nitrogens is 1. The smallest absolute Gasteiger partial charge is 0.335 e. The van der Waals surface area contributed by atoms with E-state index >= 15 is 0 Å². The zero-order chi connectivity index (χ0) is 16.0. The fourth-order valence-corrected chi connectivity index (χ4v) is 2.69. The highest BCUT2D eigenvalue weighted by molar-refractivity contribution is 5.93. The van der Waals surface area contributed by atoms with Gasteiger partial charge in [-0.25, -0.2) is 9.78 Å². The van der Waals surface area contributed by atoms with Gasteiger partial charge in [0, 0.05) is 5.56 Å². The van der Waals surface area contributed by atoms with E-state index in [1.807, 2.05) is 30.3 Å². The van der Waals surface area contributed by atoms with Gasteiger partial charge in [0.15, 0.2) is 0 Å². The van der Waals surface area contributed by atoms with Gasteiger partial charge in [0.2, 0.25) is 0 Å². The normalized spacial score (nSPS) is 11.1. The van der Waals surface area contributed by atoms with Crippen LogP contribution in [0.3, 0.4) is 0 Å². The molecule has 0 spiro atoms. The lowest BCUT2D eigenvalue weighted by Gasteiger charge is -2.07. The molecule has 6 nitrogen and oxygen atoms in total. The summed E-state index contributed by atoms with van der Waals surface area (Å²) in [6.07, 6.45) is 1.49. The summed E-state index contributed by atoms with van der Waals surface area (Å²) in [5.41, 5.74) is 2.26. The van der Waals surface area contributed by atoms with Crippen LogP contribution in [0.4, 0.5) is 0 Å². The Hall–Kier alpha value is -3.41. The number of aromatic amines is 1. The first kappa shape index (κ1) is 13.3. The number of benzene rings is 2. The highest BCUT2D eigenvalue weighted by Crippen LogP contribution is 2.23. The van der Waals surface area contributed by atoms with Crippen LogP contribution >= 0.6 is 0 Å². The third-order valence-corrected chi connectivity index (χ3v) is 3.76. The average molecular weight is 305 g/mol. The number of hydrogen-bond acceptors (Lipinski definition) is 3. The standard InChI is InChI=1S/C17H11N3O3/c21-16-14-9-18-15(10-4-2-1-3-5-10)20(14)13-8-11(17(22)23)6-7-12(13)19-16/h1-9H,(H,19,21)(H,22,23). The predicted octanol–water partition coefficient (Wildman–Crippen LogP) is 2.54. The van der Waals surface area contributed by atoms with Crippen molar-refractivity contribution in [2.24, 2.45) is 0 Å². The van der Waals surface area contributed by atoms with Crippen molar-refractivity contribution in [3.63, 3.8) is 0 Å². The SMILES string of the molecule is O=C(O)c1ccc2[nH]c(=O)c3cnc(-c4ccccc4)n3c2c1. The molecule has 0 saturated heterocycles. The van der Waals surface area contributed by atoms with Gasteiger partial charge in [-0.2, -0.15) is 0 Å². The van der Waals surface area contributed by atoms with Crippen LogP contribution in [0.2, 0.25) is 0 Å². The number of nitrogens with zero attached hydrogens (tertiary/aromatic N) is 2. The first-order valence-corrected chi connectivity index (χ1v) is 6.97. The Morgan fingerprint density at radius 2 is 1.87 bits per heavy atom. The van der Waals surface area contributed by atoms with Crippen molar-refractivity contribution in [2.45, 2.75) is 0 Å². The Morgan fingerprint density at radius 3 is 2.61 bits per heavy atom. The zero-order valence-electron chi connectivity index (χ0n) is 11.9. The Morgan fingerprint density at radius 1 is 1.09 bits per heavy atom. The minimum atomic E-state index is -1.02. The Labute approximate surface area is 129 Å². The molecule has 112 valence electrons. The largest absolute Gasteiger partial charge is 0.478 e. The highest BCUT2D eigenvalue weighted by atomic mass is 16.4. The summed E-state index contributed by atoms with van der Waals surface area (Å²) >= 11 is 0. The fourth-order valence-electron chi connectivity index (χ4n) is 2.69. The van der Waals surface area contributed by atoms with Crippen LogP contribution in [0.1, 0.15) is 10.4 Å². The molecule has 2 heterocycles. The zero-order valence-corrected chi connectivity index (χ0v) is 11.9. The molecule has 0 fully saturated rings. The van der Waals surface area contributed by atoms with Crippen LogP contribution in [0, 0.1) is 0 Å². The van der Waals surface area contributed by atoms with Gasteiger partial charge >= 0.3 is 5.97 Å². The van der Waals surface area contributed by atoms with E-state index < -0.39 is 5.97 Å². The van der Waals surface area contributed by atoms with E-state index in [9.17, 15) is 14.7 Å². The average Bonchev–Trinajstić information content (AvgIpc) is 3.01. The van der Waals surface area contributed by atoms with Gasteiger partial charge in [-0.05, 0) is 18.2 Å². The Balaban J connectivity index is 2.17. The van der Waals surface area contributed by atoms with Gasteiger partial charge in [0.1, 0.15) is 11.3 Å². The first-order valence-electron chi connectivity index (χ1n) is 6.97. The van der Waals surface area contributed by atoms with Gasteiger partial charge in [0.05, 0.1) is 22.8 Å². The molecule has 6 heteroatoms. The van der Waals surface area contributed by atoms with Crippen molar-refractivity contribution in [1.29, 1.82) is 0 Å². The first-order chi connectivity index (χ1) is 11.1. The summed E-state index contributed by atoms with van der Waals surface area (Å²) < 4.78 is 1.69. The van der Waals surface area contributed by atoms with Crippen LogP contribution in [0.25, 0.3) is 27.9 Å². The summed E-state index contributed by atoms with van der Waals surface area (Å²) in [7, 11) is 0. The number of fused-ring (bicyclic) bond motifs is 3. The molecule has 0 aliphatic heterocycles. The summed E-state index contributed by atoms with van der Waals surface area (Å²) in [6.45, 7) is 0. The van der Waals surface area contributed by atoms with Crippen LogP contribution < -0.4 is 5.56 Å². The molecule has 4 aromatic rings. The molecular weight excluding hydrogens is 294 g/mol. The van der Waals surface area contributed by atoms with Crippen LogP contribution in [-0.4, -0.2) is 25.4 Å². The van der Waals surface area contributed by atoms with E-state index in [1.165, 1.54) is 18.3 Å². The maximum absolute atomic E-state index is 12.2. The molecule has 0 aliphatic rings. The summed E-state index contributed by atoms with van der Waals surface area (Å²) in [5.74, 6) is -0.424. The maximum Gasteiger partial charge on any atom is 0.335 e. The highest BCUT2D eigenvalue weighted by Gasteiger charge is 2.14. The number of nitrogens with one attached hydrogen (secondary N) is 1. The van der Waals surface area contributed by atoms with Gasteiger partial charge in [-0.15, -0.1) is 0 Å². The summed E-state index contributed by atoms with van der Waals surface area (Å²) in [5, 5.41) is 9.21. The number of imidazole rings is 1. The van der Waals surface area contributed by atoms with E-state index in [0.29, 0.717) is 22.4 Å². The quantitative estimate of drug-likeness (QED) is 0.596. The van der Waals surface area contributed by atoms with Crippen molar-refractivity contribution in [2.75, 3.05) is 0 Å². The third kappa shape index (κ3) is 2.00. The second-order valence-electron chi connectivity index (χ2n) is 5.16. The molecule has 4 rings (SSSR count). The maximum atomic E-state index is 12.2. The molecule has 2 N–H and O–H groups in total. The van der Waals surface area contributed by atoms with Crippen LogP contribution in [0.5, 0.6) is 0 Å². The molecule has 23 heavy (non-hydrogen) atoms. The second-order valence-corrected chi connectivity index (χ2v) is 5.16. The number of hydrogen-bond donors (Lipinski definition) is 2. The summed E-state index contributed by atoms with van der Waals surface area (Å²) in [6, 6.07) is 14.0. The van der Waals surface area contributed by atoms with E-state index in [4.69, 9.17) is 0 Å². The topological polar surface area (TPSA) is 87.5 Å². The molecule has 0 bridgehead atoms. The molecule has 0 unspecified atom stereocenters. The number of aromatic nitrogens is 3. The third-order valence-electron chi connectivity index (χ3n) is 3.76. The summed E-state index contributed by atoms with van der Waals surface area (Å²) in [4.78, 5) is 30.6. The number of aromatic carboxylic acids is 1. The Bertz CT molecular complexity index is 1110. The molecule has 0 saturated carbocycles.